The molecule has 0 fully saturated rings. The van der Waals surface area contributed by atoms with Gasteiger partial charge >= 0.3 is 0 Å². The molecule has 0 radical (unpaired) electrons. The third-order valence-electron chi connectivity index (χ3n) is 3.76. The van der Waals surface area contributed by atoms with Crippen LogP contribution in [0.25, 0.3) is 0 Å². The van der Waals surface area contributed by atoms with E-state index in [9.17, 15) is 0 Å². The van der Waals surface area contributed by atoms with E-state index in [0.717, 1.165) is 28.7 Å². The largest absolute Gasteiger partial charge is 0.497 e. The van der Waals surface area contributed by atoms with Crippen molar-refractivity contribution in [2.24, 2.45) is 12.0 Å². The molecule has 0 saturated heterocycles. The Bertz CT molecular complexity index is 711. The molecule has 0 saturated carbocycles. The molecule has 0 spiro atoms. The lowest BCUT2D eigenvalue weighted by atomic mass is 10.2. The van der Waals surface area contributed by atoms with Gasteiger partial charge in [0.2, 0.25) is 0 Å². The van der Waals surface area contributed by atoms with Gasteiger partial charge < -0.3 is 24.7 Å². The van der Waals surface area contributed by atoms with Crippen LogP contribution in [0.4, 0.5) is 0 Å². The number of aliphatic imine (C=N–C) groups is 1. The van der Waals surface area contributed by atoms with Crippen LogP contribution in [0.3, 0.4) is 0 Å². The van der Waals surface area contributed by atoms with E-state index in [-0.39, 0.29) is 0 Å². The number of nitrogens with one attached hydrogen (secondary N) is 2. The second kappa shape index (κ2) is 8.19. The second-order valence-electron chi connectivity index (χ2n) is 5.18. The van der Waals surface area contributed by atoms with Crippen molar-refractivity contribution in [3.8, 4) is 11.5 Å². The molecule has 2 rings (SSSR count). The van der Waals surface area contributed by atoms with Gasteiger partial charge in [0.1, 0.15) is 17.3 Å². The van der Waals surface area contributed by atoms with Crippen LogP contribution in [0, 0.1) is 6.92 Å². The highest BCUT2D eigenvalue weighted by Gasteiger charge is 2.08. The Kier molecular flexibility index (Phi) is 6.00. The summed E-state index contributed by atoms with van der Waals surface area (Å²) < 4.78 is 12.5. The van der Waals surface area contributed by atoms with Crippen molar-refractivity contribution < 1.29 is 9.47 Å². The van der Waals surface area contributed by atoms with Crippen LogP contribution in [0.5, 0.6) is 11.5 Å². The molecular weight excluding hydrogens is 308 g/mol. The van der Waals surface area contributed by atoms with Crippen LogP contribution in [-0.4, -0.2) is 42.0 Å². The van der Waals surface area contributed by atoms with Crippen LogP contribution >= 0.6 is 0 Å². The van der Waals surface area contributed by atoms with E-state index >= 15 is 0 Å². The lowest BCUT2D eigenvalue weighted by Crippen LogP contribution is -2.37. The number of nitrogens with zero attached hydrogens (tertiary/aromatic N) is 4. The van der Waals surface area contributed by atoms with Gasteiger partial charge in [0.15, 0.2) is 11.8 Å². The molecule has 0 unspecified atom stereocenters. The highest BCUT2D eigenvalue weighted by molar-refractivity contribution is 5.79. The molecule has 0 aliphatic carbocycles. The van der Waals surface area contributed by atoms with E-state index in [0.29, 0.717) is 19.0 Å². The van der Waals surface area contributed by atoms with E-state index in [1.807, 2.05) is 36.7 Å². The summed E-state index contributed by atoms with van der Waals surface area (Å²) in [4.78, 5) is 4.22. The van der Waals surface area contributed by atoms with Gasteiger partial charge in [-0.15, -0.1) is 10.2 Å². The Morgan fingerprint density at radius 3 is 2.50 bits per heavy atom. The quantitative estimate of drug-likeness (QED) is 0.606. The molecule has 130 valence electrons. The zero-order chi connectivity index (χ0) is 17.5. The van der Waals surface area contributed by atoms with Crippen LogP contribution < -0.4 is 20.1 Å². The summed E-state index contributed by atoms with van der Waals surface area (Å²) in [6.45, 7) is 3.03. The summed E-state index contributed by atoms with van der Waals surface area (Å²) in [5.74, 6) is 3.92. The molecule has 2 N–H and O–H groups in total. The Morgan fingerprint density at radius 1 is 1.17 bits per heavy atom. The van der Waals surface area contributed by atoms with Gasteiger partial charge in [-0.2, -0.15) is 0 Å². The van der Waals surface area contributed by atoms with Gasteiger partial charge in [0.25, 0.3) is 0 Å². The molecule has 2 aromatic rings. The van der Waals surface area contributed by atoms with Gasteiger partial charge in [0.05, 0.1) is 20.8 Å². The molecule has 1 heterocycles. The molecule has 24 heavy (non-hydrogen) atoms. The predicted molar refractivity (Wildman–Crippen MR) is 92.3 cm³/mol. The summed E-state index contributed by atoms with van der Waals surface area (Å²) in [7, 11) is 6.93. The lowest BCUT2D eigenvalue weighted by Gasteiger charge is -2.14. The minimum Gasteiger partial charge on any atom is -0.497 e. The molecule has 1 aromatic carbocycles. The van der Waals surface area contributed by atoms with E-state index in [1.54, 1.807) is 21.3 Å². The number of hydrogen-bond donors (Lipinski definition) is 2. The number of guanidine groups is 1. The number of aryl methyl sites for hydroxylation is 1. The van der Waals surface area contributed by atoms with E-state index in [2.05, 4.69) is 25.8 Å². The van der Waals surface area contributed by atoms with E-state index in [4.69, 9.17) is 9.47 Å². The van der Waals surface area contributed by atoms with Gasteiger partial charge in [-0.1, -0.05) is 0 Å². The van der Waals surface area contributed by atoms with E-state index < -0.39 is 0 Å². The first-order chi connectivity index (χ1) is 11.6. The molecule has 0 amide bonds. The third-order valence-corrected chi connectivity index (χ3v) is 3.76. The second-order valence-corrected chi connectivity index (χ2v) is 5.18. The van der Waals surface area contributed by atoms with Crippen LogP contribution in [0.2, 0.25) is 0 Å². The Balaban J connectivity index is 1.95. The van der Waals surface area contributed by atoms with Crippen molar-refractivity contribution in [3.63, 3.8) is 0 Å². The minimum absolute atomic E-state index is 0.538. The normalized spacial score (nSPS) is 11.3. The van der Waals surface area contributed by atoms with E-state index in [1.165, 1.54) is 0 Å². The van der Waals surface area contributed by atoms with Crippen molar-refractivity contribution in [2.45, 2.75) is 20.0 Å². The minimum atomic E-state index is 0.538. The maximum atomic E-state index is 5.40. The van der Waals surface area contributed by atoms with Crippen molar-refractivity contribution >= 4 is 5.96 Å². The fourth-order valence-electron chi connectivity index (χ4n) is 2.17. The van der Waals surface area contributed by atoms with Crippen LogP contribution in [0.1, 0.15) is 17.2 Å². The molecule has 8 heteroatoms. The van der Waals surface area contributed by atoms with Crippen molar-refractivity contribution in [1.82, 2.24) is 25.4 Å². The topological polar surface area (TPSA) is 85.6 Å². The Hall–Kier alpha value is -2.77. The first-order valence-corrected chi connectivity index (χ1v) is 7.59. The maximum absolute atomic E-state index is 5.40. The van der Waals surface area contributed by atoms with Gasteiger partial charge in [0, 0.05) is 32.3 Å². The highest BCUT2D eigenvalue weighted by atomic mass is 16.5. The van der Waals surface area contributed by atoms with Crippen molar-refractivity contribution in [3.05, 3.63) is 35.4 Å². The monoisotopic (exact) mass is 332 g/mol. The third kappa shape index (κ3) is 4.15. The molecule has 0 atom stereocenters. The Morgan fingerprint density at radius 2 is 1.92 bits per heavy atom. The maximum Gasteiger partial charge on any atom is 0.191 e. The molecule has 0 bridgehead atoms. The van der Waals surface area contributed by atoms with Crippen molar-refractivity contribution in [1.29, 1.82) is 0 Å². The number of methoxy groups -OCH3 is 2. The number of ether oxygens (including phenoxy) is 2. The van der Waals surface area contributed by atoms with Gasteiger partial charge in [-0.05, 0) is 19.1 Å². The molecule has 0 aliphatic heterocycles. The number of benzene rings is 1. The summed E-state index contributed by atoms with van der Waals surface area (Å²) >= 11 is 0. The van der Waals surface area contributed by atoms with Gasteiger partial charge in [-0.25, -0.2) is 0 Å². The van der Waals surface area contributed by atoms with Gasteiger partial charge in [-0.3, -0.25) is 4.99 Å². The fraction of sp³-hybridized carbons (Fsp3) is 0.438. The fourth-order valence-corrected chi connectivity index (χ4v) is 2.17. The smallest absolute Gasteiger partial charge is 0.191 e. The first-order valence-electron chi connectivity index (χ1n) is 7.59. The zero-order valence-electron chi connectivity index (χ0n) is 14.8. The Labute approximate surface area is 141 Å². The standard InChI is InChI=1S/C16H24N6O2/c1-11-20-21-15(22(11)3)10-19-16(17-2)18-9-12-6-7-13(23-4)8-14(12)24-5/h6-8H,9-10H2,1-5H3,(H2,17,18,19). The van der Waals surface area contributed by atoms with Crippen LogP contribution in [-0.2, 0) is 20.1 Å². The predicted octanol–water partition coefficient (Wildman–Crippen LogP) is 1.01. The lowest BCUT2D eigenvalue weighted by molar-refractivity contribution is 0.390. The van der Waals surface area contributed by atoms with Crippen LogP contribution in [0.15, 0.2) is 23.2 Å². The average Bonchev–Trinajstić information content (AvgIpc) is 2.93. The highest BCUT2D eigenvalue weighted by Crippen LogP contribution is 2.24. The first kappa shape index (κ1) is 17.6. The summed E-state index contributed by atoms with van der Waals surface area (Å²) in [6, 6.07) is 5.72. The molecular formula is C16H24N6O2. The zero-order valence-corrected chi connectivity index (χ0v) is 14.8. The number of rotatable bonds is 6. The summed E-state index contributed by atoms with van der Waals surface area (Å²) in [5.41, 5.74) is 1.01. The number of aromatic nitrogens is 3. The van der Waals surface area contributed by atoms with Crippen molar-refractivity contribution in [2.75, 3.05) is 21.3 Å². The number of hydrogen-bond acceptors (Lipinski definition) is 5. The molecule has 0 aliphatic rings. The molecule has 1 aromatic heterocycles. The summed E-state index contributed by atoms with van der Waals surface area (Å²) in [5, 5.41) is 14.6. The average molecular weight is 332 g/mol. The summed E-state index contributed by atoms with van der Waals surface area (Å²) in [6.07, 6.45) is 0. The molecule has 8 nitrogen and oxygen atoms in total. The SMILES string of the molecule is CN=C(NCc1ccc(OC)cc1OC)NCc1nnc(C)n1C.